The molecule has 5 heteroatoms. The van der Waals surface area contributed by atoms with Gasteiger partial charge in [0.15, 0.2) is 0 Å². The molecule has 0 aliphatic carbocycles. The van der Waals surface area contributed by atoms with Crippen LogP contribution in [0.5, 0.6) is 0 Å². The number of thioether (sulfide) groups is 1. The third kappa shape index (κ3) is 2.68. The molecular formula is C12H12N2O2S. The smallest absolute Gasteiger partial charge is 0.290 e. The molecule has 1 heterocycles. The van der Waals surface area contributed by atoms with Crippen molar-refractivity contribution >= 4 is 28.6 Å². The first kappa shape index (κ1) is 11.7. The maximum Gasteiger partial charge on any atom is 0.290 e. The van der Waals surface area contributed by atoms with Crippen molar-refractivity contribution in [2.45, 2.75) is 6.92 Å². The van der Waals surface area contributed by atoms with E-state index in [9.17, 15) is 9.59 Å². The zero-order valence-electron chi connectivity index (χ0n) is 9.34. The highest BCUT2D eigenvalue weighted by atomic mass is 32.2. The van der Waals surface area contributed by atoms with Crippen molar-refractivity contribution in [3.63, 3.8) is 0 Å². The maximum atomic E-state index is 11.4. The van der Waals surface area contributed by atoms with Gasteiger partial charge < -0.3 is 4.90 Å². The Labute approximate surface area is 104 Å². The van der Waals surface area contributed by atoms with Gasteiger partial charge in [0.05, 0.1) is 4.91 Å². The van der Waals surface area contributed by atoms with Crippen molar-refractivity contribution in [3.8, 4) is 0 Å². The molecule has 4 nitrogen and oxygen atoms in total. The maximum absolute atomic E-state index is 11.4. The van der Waals surface area contributed by atoms with Crippen LogP contribution in [-0.2, 0) is 4.79 Å². The van der Waals surface area contributed by atoms with Crippen LogP contribution in [0.25, 0.3) is 0 Å². The summed E-state index contributed by atoms with van der Waals surface area (Å²) in [5.74, 6) is -0.325. The van der Waals surface area contributed by atoms with Gasteiger partial charge in [-0.05, 0) is 30.8 Å². The van der Waals surface area contributed by atoms with E-state index in [1.54, 1.807) is 6.20 Å². The number of carbonyl (C=O) groups excluding carboxylic acids is 2. The van der Waals surface area contributed by atoms with Crippen LogP contribution in [0.1, 0.15) is 6.92 Å². The highest BCUT2D eigenvalue weighted by Gasteiger charge is 2.25. The van der Waals surface area contributed by atoms with E-state index in [1.807, 2.05) is 42.2 Å². The summed E-state index contributed by atoms with van der Waals surface area (Å²) in [6.07, 6.45) is 1.71. The number of anilines is 1. The molecule has 1 saturated heterocycles. The number of hydrogen-bond donors (Lipinski definition) is 1. The molecule has 17 heavy (non-hydrogen) atoms. The Morgan fingerprint density at radius 3 is 2.53 bits per heavy atom. The lowest BCUT2D eigenvalue weighted by Crippen LogP contribution is -2.20. The molecule has 0 bridgehead atoms. The van der Waals surface area contributed by atoms with Crippen molar-refractivity contribution in [2.75, 3.05) is 11.4 Å². The number of imide groups is 1. The molecule has 1 aromatic carbocycles. The summed E-state index contributed by atoms with van der Waals surface area (Å²) in [6.45, 7) is 2.72. The Morgan fingerprint density at radius 1 is 1.29 bits per heavy atom. The van der Waals surface area contributed by atoms with Gasteiger partial charge in [0.2, 0.25) is 0 Å². The van der Waals surface area contributed by atoms with Gasteiger partial charge in [-0.3, -0.25) is 14.9 Å². The molecule has 0 atom stereocenters. The number of carbonyl (C=O) groups is 2. The second-order valence-corrected chi connectivity index (χ2v) is 4.47. The number of rotatable bonds is 3. The van der Waals surface area contributed by atoms with Gasteiger partial charge in [-0.2, -0.15) is 0 Å². The number of nitrogens with zero attached hydrogens (tertiary/aromatic N) is 1. The first-order chi connectivity index (χ1) is 8.20. The van der Waals surface area contributed by atoms with E-state index in [1.165, 1.54) is 0 Å². The van der Waals surface area contributed by atoms with Crippen LogP contribution in [-0.4, -0.2) is 17.7 Å². The van der Waals surface area contributed by atoms with E-state index in [-0.39, 0.29) is 11.1 Å². The zero-order chi connectivity index (χ0) is 12.3. The van der Waals surface area contributed by atoms with Crippen molar-refractivity contribution < 1.29 is 9.59 Å². The van der Waals surface area contributed by atoms with Gasteiger partial charge in [-0.25, -0.2) is 0 Å². The minimum atomic E-state index is -0.325. The Balaban J connectivity index is 2.24. The fraction of sp³-hybridized carbons (Fsp3) is 0.167. The predicted molar refractivity (Wildman–Crippen MR) is 68.7 cm³/mol. The zero-order valence-corrected chi connectivity index (χ0v) is 10.2. The van der Waals surface area contributed by atoms with Gasteiger partial charge in [-0.1, -0.05) is 18.2 Å². The van der Waals surface area contributed by atoms with Gasteiger partial charge in [0.25, 0.3) is 11.1 Å². The molecule has 1 aromatic rings. The van der Waals surface area contributed by atoms with E-state index in [0.717, 1.165) is 24.0 Å². The number of para-hydroxylation sites is 1. The average molecular weight is 248 g/mol. The summed E-state index contributed by atoms with van der Waals surface area (Å²) in [6, 6.07) is 9.72. The Morgan fingerprint density at radius 2 is 2.00 bits per heavy atom. The molecular weight excluding hydrogens is 236 g/mol. The molecule has 0 spiro atoms. The van der Waals surface area contributed by atoms with Crippen molar-refractivity contribution in [1.29, 1.82) is 0 Å². The second kappa shape index (κ2) is 5.05. The van der Waals surface area contributed by atoms with Gasteiger partial charge in [0.1, 0.15) is 0 Å². The standard InChI is InChI=1S/C12H12N2O2S/c1-2-14(9-6-4-3-5-7-9)8-10-11(15)13-12(16)17-10/h3-8H,2H2,1H3,(H,13,15,16). The van der Waals surface area contributed by atoms with Crippen LogP contribution in [0.2, 0.25) is 0 Å². The van der Waals surface area contributed by atoms with E-state index in [4.69, 9.17) is 0 Å². The average Bonchev–Trinajstić information content (AvgIpc) is 2.66. The van der Waals surface area contributed by atoms with Crippen molar-refractivity contribution in [3.05, 3.63) is 41.4 Å². The third-order valence-corrected chi connectivity index (χ3v) is 3.14. The quantitative estimate of drug-likeness (QED) is 0.834. The lowest BCUT2D eigenvalue weighted by Gasteiger charge is -2.18. The van der Waals surface area contributed by atoms with Crippen LogP contribution in [0, 0.1) is 0 Å². The third-order valence-electron chi connectivity index (χ3n) is 2.34. The Bertz CT molecular complexity index is 471. The summed E-state index contributed by atoms with van der Waals surface area (Å²) in [7, 11) is 0. The molecule has 0 saturated carbocycles. The SMILES string of the molecule is CCN(C=C1SC(=O)NC1=O)c1ccccc1. The summed E-state index contributed by atoms with van der Waals surface area (Å²) in [4.78, 5) is 24.8. The molecule has 0 aromatic heterocycles. The lowest BCUT2D eigenvalue weighted by atomic mass is 10.3. The molecule has 1 N–H and O–H groups in total. The summed E-state index contributed by atoms with van der Waals surface area (Å²) in [5.41, 5.74) is 0.996. The Kier molecular flexibility index (Phi) is 3.49. The molecule has 0 unspecified atom stereocenters. The largest absolute Gasteiger partial charge is 0.347 e. The van der Waals surface area contributed by atoms with E-state index in [2.05, 4.69) is 5.32 Å². The van der Waals surface area contributed by atoms with Crippen LogP contribution >= 0.6 is 11.8 Å². The minimum absolute atomic E-state index is 0.314. The molecule has 88 valence electrons. The van der Waals surface area contributed by atoms with E-state index >= 15 is 0 Å². The van der Waals surface area contributed by atoms with E-state index in [0.29, 0.717) is 4.91 Å². The van der Waals surface area contributed by atoms with Crippen LogP contribution in [0.15, 0.2) is 41.4 Å². The number of hydrogen-bond acceptors (Lipinski definition) is 4. The highest BCUT2D eigenvalue weighted by Crippen LogP contribution is 2.25. The highest BCUT2D eigenvalue weighted by molar-refractivity contribution is 8.18. The predicted octanol–water partition coefficient (Wildman–Crippen LogP) is 2.34. The minimum Gasteiger partial charge on any atom is -0.347 e. The number of amides is 2. The molecule has 2 rings (SSSR count). The summed E-state index contributed by atoms with van der Waals surface area (Å²) < 4.78 is 0. The van der Waals surface area contributed by atoms with Crippen molar-refractivity contribution in [1.82, 2.24) is 5.32 Å². The van der Waals surface area contributed by atoms with Gasteiger partial charge >= 0.3 is 0 Å². The molecule has 2 amide bonds. The summed E-state index contributed by atoms with van der Waals surface area (Å²) >= 11 is 0.932. The van der Waals surface area contributed by atoms with Crippen LogP contribution in [0.3, 0.4) is 0 Å². The number of benzene rings is 1. The van der Waals surface area contributed by atoms with Gasteiger partial charge in [0, 0.05) is 18.4 Å². The topological polar surface area (TPSA) is 49.4 Å². The van der Waals surface area contributed by atoms with Crippen LogP contribution < -0.4 is 10.2 Å². The van der Waals surface area contributed by atoms with Gasteiger partial charge in [-0.15, -0.1) is 0 Å². The number of nitrogens with one attached hydrogen (secondary N) is 1. The first-order valence-corrected chi connectivity index (χ1v) is 6.09. The monoisotopic (exact) mass is 248 g/mol. The molecule has 0 radical (unpaired) electrons. The Hall–Kier alpha value is -1.75. The second-order valence-electron chi connectivity index (χ2n) is 3.46. The van der Waals surface area contributed by atoms with Crippen molar-refractivity contribution in [2.24, 2.45) is 0 Å². The van der Waals surface area contributed by atoms with E-state index < -0.39 is 0 Å². The molecule has 1 aliphatic heterocycles. The first-order valence-electron chi connectivity index (χ1n) is 5.27. The fourth-order valence-electron chi connectivity index (χ4n) is 1.52. The van der Waals surface area contributed by atoms with Crippen LogP contribution in [0.4, 0.5) is 10.5 Å². The summed E-state index contributed by atoms with van der Waals surface area (Å²) in [5, 5.41) is 1.92. The molecule has 1 fully saturated rings. The normalized spacial score (nSPS) is 17.4. The lowest BCUT2D eigenvalue weighted by molar-refractivity contribution is -0.115. The fourth-order valence-corrected chi connectivity index (χ4v) is 2.19. The molecule has 1 aliphatic rings.